The number of methoxy groups -OCH3 is 1. The number of hydrogen-bond donors (Lipinski definition) is 1. The lowest BCUT2D eigenvalue weighted by Crippen LogP contribution is -2.19. The van der Waals surface area contributed by atoms with Gasteiger partial charge in [0.1, 0.15) is 0 Å². The molecule has 1 unspecified atom stereocenters. The van der Waals surface area contributed by atoms with E-state index in [1.54, 1.807) is 7.11 Å². The highest BCUT2D eigenvalue weighted by molar-refractivity contribution is 5.25. The molecule has 1 atom stereocenters. The van der Waals surface area contributed by atoms with Gasteiger partial charge in [0.2, 0.25) is 0 Å². The molecule has 0 radical (unpaired) electrons. The summed E-state index contributed by atoms with van der Waals surface area (Å²) in [6.45, 7) is 5.14. The molecule has 0 bridgehead atoms. The van der Waals surface area contributed by atoms with Gasteiger partial charge in [0.25, 0.3) is 0 Å². The van der Waals surface area contributed by atoms with Crippen molar-refractivity contribution in [1.82, 2.24) is 0 Å². The Morgan fingerprint density at radius 3 is 2.62 bits per heavy atom. The van der Waals surface area contributed by atoms with Crippen molar-refractivity contribution in [2.45, 2.75) is 32.7 Å². The molecular formula is C13H21NO2. The van der Waals surface area contributed by atoms with E-state index in [-0.39, 0.29) is 12.2 Å². The van der Waals surface area contributed by atoms with Crippen LogP contribution in [0.5, 0.6) is 0 Å². The lowest BCUT2D eigenvalue weighted by atomic mass is 10.1. The lowest BCUT2D eigenvalue weighted by Gasteiger charge is -2.19. The van der Waals surface area contributed by atoms with Crippen LogP contribution >= 0.6 is 0 Å². The molecule has 0 aromatic heterocycles. The average Bonchev–Trinajstić information content (AvgIpc) is 2.26. The summed E-state index contributed by atoms with van der Waals surface area (Å²) in [4.78, 5) is 0. The molecule has 90 valence electrons. The minimum absolute atomic E-state index is 0.0307. The van der Waals surface area contributed by atoms with Gasteiger partial charge in [0.15, 0.2) is 0 Å². The maximum Gasteiger partial charge on any atom is 0.0950 e. The predicted molar refractivity (Wildman–Crippen MR) is 65.2 cm³/mol. The molecule has 1 aromatic rings. The largest absolute Gasteiger partial charge is 0.380 e. The second-order valence-electron chi connectivity index (χ2n) is 4.09. The van der Waals surface area contributed by atoms with Crippen LogP contribution < -0.4 is 5.73 Å². The summed E-state index contributed by atoms with van der Waals surface area (Å²) in [5, 5.41) is 0. The summed E-state index contributed by atoms with van der Waals surface area (Å²) >= 11 is 0. The molecule has 0 spiro atoms. The van der Waals surface area contributed by atoms with Crippen molar-refractivity contribution < 1.29 is 9.47 Å². The zero-order valence-corrected chi connectivity index (χ0v) is 10.3. The molecule has 16 heavy (non-hydrogen) atoms. The summed E-state index contributed by atoms with van der Waals surface area (Å²) in [6, 6.07) is 8.18. The topological polar surface area (TPSA) is 44.5 Å². The van der Waals surface area contributed by atoms with Crippen molar-refractivity contribution in [1.29, 1.82) is 0 Å². The van der Waals surface area contributed by atoms with Crippen LogP contribution in [0.25, 0.3) is 0 Å². The highest BCUT2D eigenvalue weighted by atomic mass is 16.5. The molecule has 0 heterocycles. The van der Waals surface area contributed by atoms with Gasteiger partial charge < -0.3 is 15.2 Å². The molecule has 0 aliphatic carbocycles. The van der Waals surface area contributed by atoms with Gasteiger partial charge in [-0.05, 0) is 25.0 Å². The van der Waals surface area contributed by atoms with E-state index < -0.39 is 0 Å². The van der Waals surface area contributed by atoms with Crippen LogP contribution in [0.4, 0.5) is 0 Å². The number of nitrogens with two attached hydrogens (primary N) is 1. The molecule has 2 N–H and O–H groups in total. The van der Waals surface area contributed by atoms with Gasteiger partial charge in [0.05, 0.1) is 18.8 Å². The minimum atomic E-state index is -0.0307. The fourth-order valence-electron chi connectivity index (χ4n) is 1.65. The number of ether oxygens (including phenoxy) is 2. The fraction of sp³-hybridized carbons (Fsp3) is 0.538. The highest BCUT2D eigenvalue weighted by Crippen LogP contribution is 2.19. The van der Waals surface area contributed by atoms with E-state index in [0.717, 1.165) is 11.1 Å². The summed E-state index contributed by atoms with van der Waals surface area (Å²) in [5.74, 6) is 0. The van der Waals surface area contributed by atoms with Gasteiger partial charge >= 0.3 is 0 Å². The van der Waals surface area contributed by atoms with Crippen molar-refractivity contribution in [2.75, 3.05) is 13.7 Å². The molecule has 3 nitrogen and oxygen atoms in total. The van der Waals surface area contributed by atoms with Crippen molar-refractivity contribution in [3.05, 3.63) is 35.4 Å². The normalized spacial score (nSPS) is 13.1. The van der Waals surface area contributed by atoms with Crippen LogP contribution in [0, 0.1) is 0 Å². The van der Waals surface area contributed by atoms with E-state index in [4.69, 9.17) is 15.2 Å². The van der Waals surface area contributed by atoms with E-state index in [1.807, 2.05) is 32.0 Å². The van der Waals surface area contributed by atoms with Crippen molar-refractivity contribution in [3.8, 4) is 0 Å². The molecule has 1 rings (SSSR count). The van der Waals surface area contributed by atoms with Crippen molar-refractivity contribution in [3.63, 3.8) is 0 Å². The zero-order chi connectivity index (χ0) is 12.0. The quantitative estimate of drug-likeness (QED) is 0.804. The summed E-state index contributed by atoms with van der Waals surface area (Å²) in [6.07, 6.45) is 0.149. The van der Waals surface area contributed by atoms with E-state index in [2.05, 4.69) is 6.07 Å². The monoisotopic (exact) mass is 223 g/mol. The number of hydrogen-bond acceptors (Lipinski definition) is 3. The van der Waals surface area contributed by atoms with Gasteiger partial charge in [-0.2, -0.15) is 0 Å². The maximum absolute atomic E-state index is 5.75. The molecule has 3 heteroatoms. The Morgan fingerprint density at radius 1 is 1.31 bits per heavy atom. The molecule has 0 fully saturated rings. The molecule has 0 saturated heterocycles. The first-order valence-electron chi connectivity index (χ1n) is 5.60. The Hall–Kier alpha value is -0.900. The standard InChI is InChI=1S/C13H21NO2/c1-10(2)16-13(8-14)12-6-4-5-11(7-12)9-15-3/h4-7,10,13H,8-9,14H2,1-3H3. The van der Waals surface area contributed by atoms with Crippen LogP contribution in [0.1, 0.15) is 31.1 Å². The summed E-state index contributed by atoms with van der Waals surface area (Å²) < 4.78 is 10.9. The Balaban J connectivity index is 2.79. The van der Waals surface area contributed by atoms with E-state index >= 15 is 0 Å². The van der Waals surface area contributed by atoms with Crippen molar-refractivity contribution in [2.24, 2.45) is 5.73 Å². The molecule has 0 saturated carbocycles. The highest BCUT2D eigenvalue weighted by Gasteiger charge is 2.12. The maximum atomic E-state index is 5.75. The average molecular weight is 223 g/mol. The fourth-order valence-corrected chi connectivity index (χ4v) is 1.65. The molecule has 1 aromatic carbocycles. The predicted octanol–water partition coefficient (Wildman–Crippen LogP) is 2.26. The SMILES string of the molecule is COCc1cccc(C(CN)OC(C)C)c1. The van der Waals surface area contributed by atoms with Gasteiger partial charge in [0, 0.05) is 13.7 Å². The molecule has 0 aliphatic heterocycles. The Morgan fingerprint density at radius 2 is 2.06 bits per heavy atom. The minimum Gasteiger partial charge on any atom is -0.380 e. The van der Waals surface area contributed by atoms with Crippen molar-refractivity contribution >= 4 is 0 Å². The van der Waals surface area contributed by atoms with Gasteiger partial charge in [-0.15, -0.1) is 0 Å². The molecular weight excluding hydrogens is 202 g/mol. The van der Waals surface area contributed by atoms with Gasteiger partial charge in [-0.1, -0.05) is 24.3 Å². The summed E-state index contributed by atoms with van der Waals surface area (Å²) in [5.41, 5.74) is 7.98. The first kappa shape index (κ1) is 13.2. The Labute approximate surface area is 97.6 Å². The summed E-state index contributed by atoms with van der Waals surface area (Å²) in [7, 11) is 1.69. The lowest BCUT2D eigenvalue weighted by molar-refractivity contribution is 0.0119. The van der Waals surface area contributed by atoms with Crippen LogP contribution in [0.15, 0.2) is 24.3 Å². The van der Waals surface area contributed by atoms with Crippen LogP contribution in [-0.4, -0.2) is 19.8 Å². The van der Waals surface area contributed by atoms with Crippen LogP contribution in [0.3, 0.4) is 0 Å². The zero-order valence-electron chi connectivity index (χ0n) is 10.3. The second kappa shape index (κ2) is 6.63. The van der Waals surface area contributed by atoms with Crippen LogP contribution in [0.2, 0.25) is 0 Å². The molecule has 0 aliphatic rings. The first-order valence-corrected chi connectivity index (χ1v) is 5.60. The smallest absolute Gasteiger partial charge is 0.0950 e. The number of rotatable bonds is 6. The first-order chi connectivity index (χ1) is 7.67. The van der Waals surface area contributed by atoms with Gasteiger partial charge in [-0.25, -0.2) is 0 Å². The third-order valence-electron chi connectivity index (χ3n) is 2.28. The van der Waals surface area contributed by atoms with E-state index in [1.165, 1.54) is 0 Å². The third-order valence-corrected chi connectivity index (χ3v) is 2.28. The third kappa shape index (κ3) is 3.93. The second-order valence-corrected chi connectivity index (χ2v) is 4.09. The van der Waals surface area contributed by atoms with E-state index in [9.17, 15) is 0 Å². The number of benzene rings is 1. The van der Waals surface area contributed by atoms with Crippen LogP contribution in [-0.2, 0) is 16.1 Å². The Bertz CT molecular complexity index is 313. The Kier molecular flexibility index (Phi) is 5.46. The molecule has 0 amide bonds. The van der Waals surface area contributed by atoms with E-state index in [0.29, 0.717) is 13.2 Å². The van der Waals surface area contributed by atoms with Gasteiger partial charge in [-0.3, -0.25) is 0 Å².